The van der Waals surface area contributed by atoms with Crippen LogP contribution in [0.25, 0.3) is 0 Å². The van der Waals surface area contributed by atoms with Gasteiger partial charge in [0.05, 0.1) is 5.02 Å². The molecule has 0 fully saturated rings. The molecule has 0 radical (unpaired) electrons. The van der Waals surface area contributed by atoms with Crippen LogP contribution in [0.1, 0.15) is 21.5 Å². The van der Waals surface area contributed by atoms with Crippen LogP contribution in [0.5, 0.6) is 0 Å². The number of halogens is 4. The molecule has 0 amide bonds. The first-order valence-corrected chi connectivity index (χ1v) is 7.32. The van der Waals surface area contributed by atoms with Crippen LogP contribution < -0.4 is 0 Å². The SMILES string of the molecule is Cc1cc(Br)c(C(=O)c2ccc(F)cc2Cl)cc1Br. The van der Waals surface area contributed by atoms with Crippen molar-refractivity contribution in [3.05, 3.63) is 66.8 Å². The molecular formula is C14H8Br2ClFO. The normalized spacial score (nSPS) is 10.6. The highest BCUT2D eigenvalue weighted by atomic mass is 79.9. The van der Waals surface area contributed by atoms with Crippen LogP contribution in [0.3, 0.4) is 0 Å². The predicted octanol–water partition coefficient (Wildman–Crippen LogP) is 5.54. The number of carbonyl (C=O) groups excluding carboxylic acids is 1. The van der Waals surface area contributed by atoms with Gasteiger partial charge in [-0.05, 0) is 42.8 Å². The molecule has 1 nitrogen and oxygen atoms in total. The highest BCUT2D eigenvalue weighted by Gasteiger charge is 2.17. The Morgan fingerprint density at radius 3 is 2.42 bits per heavy atom. The number of ketones is 1. The quantitative estimate of drug-likeness (QED) is 0.598. The molecular weight excluding hydrogens is 398 g/mol. The van der Waals surface area contributed by atoms with E-state index in [1.807, 2.05) is 13.0 Å². The summed E-state index contributed by atoms with van der Waals surface area (Å²) in [5.74, 6) is -0.719. The summed E-state index contributed by atoms with van der Waals surface area (Å²) in [4.78, 5) is 12.4. The van der Waals surface area contributed by atoms with Gasteiger partial charge in [0.25, 0.3) is 0 Å². The number of hydrogen-bond donors (Lipinski definition) is 0. The zero-order valence-electron chi connectivity index (χ0n) is 9.81. The van der Waals surface area contributed by atoms with Crippen molar-refractivity contribution < 1.29 is 9.18 Å². The summed E-state index contributed by atoms with van der Waals surface area (Å²) in [6.45, 7) is 1.92. The molecule has 0 aliphatic rings. The molecule has 0 bridgehead atoms. The molecule has 0 saturated carbocycles. The Morgan fingerprint density at radius 2 is 1.79 bits per heavy atom. The van der Waals surface area contributed by atoms with Gasteiger partial charge in [-0.2, -0.15) is 0 Å². The van der Waals surface area contributed by atoms with Gasteiger partial charge >= 0.3 is 0 Å². The average Bonchev–Trinajstić information content (AvgIpc) is 2.33. The van der Waals surface area contributed by atoms with Gasteiger partial charge in [0.15, 0.2) is 5.78 Å². The van der Waals surface area contributed by atoms with Gasteiger partial charge in [-0.25, -0.2) is 4.39 Å². The molecule has 5 heteroatoms. The van der Waals surface area contributed by atoms with E-state index in [-0.39, 0.29) is 16.4 Å². The first-order chi connectivity index (χ1) is 8.90. The van der Waals surface area contributed by atoms with Gasteiger partial charge in [0.1, 0.15) is 5.82 Å². The van der Waals surface area contributed by atoms with Gasteiger partial charge in [0, 0.05) is 20.1 Å². The number of carbonyl (C=O) groups is 1. The second kappa shape index (κ2) is 5.73. The Hall–Kier alpha value is -0.710. The molecule has 0 spiro atoms. The lowest BCUT2D eigenvalue weighted by atomic mass is 10.0. The van der Waals surface area contributed by atoms with E-state index in [1.165, 1.54) is 12.1 Å². The number of aryl methyl sites for hydroxylation is 1. The van der Waals surface area contributed by atoms with Crippen molar-refractivity contribution in [3.63, 3.8) is 0 Å². The fraction of sp³-hybridized carbons (Fsp3) is 0.0714. The number of benzene rings is 2. The summed E-state index contributed by atoms with van der Waals surface area (Å²) in [5.41, 5.74) is 1.76. The molecule has 0 atom stereocenters. The third-order valence-electron chi connectivity index (χ3n) is 2.67. The molecule has 2 aromatic rings. The van der Waals surface area contributed by atoms with E-state index in [0.29, 0.717) is 10.0 Å². The van der Waals surface area contributed by atoms with Gasteiger partial charge in [0.2, 0.25) is 0 Å². The standard InChI is InChI=1S/C14H8Br2ClFO/c1-7-4-12(16)10(6-11(7)15)14(19)9-3-2-8(18)5-13(9)17/h2-6H,1H3. The van der Waals surface area contributed by atoms with Gasteiger partial charge in [-0.15, -0.1) is 0 Å². The highest BCUT2D eigenvalue weighted by molar-refractivity contribution is 9.11. The van der Waals surface area contributed by atoms with Gasteiger partial charge < -0.3 is 0 Å². The van der Waals surface area contributed by atoms with Crippen molar-refractivity contribution in [2.45, 2.75) is 6.92 Å². The maximum atomic E-state index is 13.0. The topological polar surface area (TPSA) is 17.1 Å². The molecule has 0 aromatic heterocycles. The average molecular weight is 406 g/mol. The largest absolute Gasteiger partial charge is 0.289 e. The third-order valence-corrected chi connectivity index (χ3v) is 4.49. The molecule has 0 N–H and O–H groups in total. The first kappa shape index (κ1) is 14.7. The molecule has 0 saturated heterocycles. The monoisotopic (exact) mass is 404 g/mol. The van der Waals surface area contributed by atoms with E-state index in [1.54, 1.807) is 6.07 Å². The lowest BCUT2D eigenvalue weighted by molar-refractivity contribution is 0.103. The second-order valence-corrected chi connectivity index (χ2v) is 6.15. The van der Waals surface area contributed by atoms with Crippen molar-refractivity contribution in [1.29, 1.82) is 0 Å². The summed E-state index contributed by atoms with van der Waals surface area (Å²) in [5, 5.41) is 0.105. The third kappa shape index (κ3) is 3.07. The summed E-state index contributed by atoms with van der Waals surface area (Å²) in [6, 6.07) is 7.30. The Balaban J connectivity index is 2.53. The first-order valence-electron chi connectivity index (χ1n) is 5.35. The summed E-state index contributed by atoms with van der Waals surface area (Å²) in [6.07, 6.45) is 0. The number of rotatable bonds is 2. The zero-order valence-corrected chi connectivity index (χ0v) is 13.7. The van der Waals surface area contributed by atoms with Crippen molar-refractivity contribution in [2.24, 2.45) is 0 Å². The number of hydrogen-bond acceptors (Lipinski definition) is 1. The van der Waals surface area contributed by atoms with Crippen LogP contribution in [0.2, 0.25) is 5.02 Å². The molecule has 98 valence electrons. The van der Waals surface area contributed by atoms with Crippen molar-refractivity contribution in [2.75, 3.05) is 0 Å². The molecule has 0 aliphatic carbocycles. The van der Waals surface area contributed by atoms with Crippen molar-refractivity contribution in [3.8, 4) is 0 Å². The molecule has 0 aliphatic heterocycles. The Labute approximate surface area is 132 Å². The molecule has 19 heavy (non-hydrogen) atoms. The lowest BCUT2D eigenvalue weighted by Crippen LogP contribution is -2.04. The van der Waals surface area contributed by atoms with E-state index in [0.717, 1.165) is 16.1 Å². The minimum absolute atomic E-state index is 0.105. The van der Waals surface area contributed by atoms with Crippen LogP contribution >= 0.6 is 43.5 Å². The van der Waals surface area contributed by atoms with E-state index in [9.17, 15) is 9.18 Å². The fourth-order valence-electron chi connectivity index (χ4n) is 1.64. The second-order valence-electron chi connectivity index (χ2n) is 4.03. The van der Waals surface area contributed by atoms with Crippen LogP contribution in [0.15, 0.2) is 39.3 Å². The Bertz CT molecular complexity index is 671. The molecule has 0 unspecified atom stereocenters. The minimum Gasteiger partial charge on any atom is -0.289 e. The fourth-order valence-corrected chi connectivity index (χ4v) is 2.87. The highest BCUT2D eigenvalue weighted by Crippen LogP contribution is 2.29. The van der Waals surface area contributed by atoms with E-state index >= 15 is 0 Å². The van der Waals surface area contributed by atoms with Crippen LogP contribution in [-0.4, -0.2) is 5.78 Å². The molecule has 2 rings (SSSR count). The predicted molar refractivity (Wildman–Crippen MR) is 81.4 cm³/mol. The summed E-state index contributed by atoms with van der Waals surface area (Å²) < 4.78 is 14.5. The van der Waals surface area contributed by atoms with Crippen LogP contribution in [-0.2, 0) is 0 Å². The smallest absolute Gasteiger partial charge is 0.195 e. The summed E-state index contributed by atoms with van der Waals surface area (Å²) in [7, 11) is 0. The Morgan fingerprint density at radius 1 is 1.11 bits per heavy atom. The van der Waals surface area contributed by atoms with Crippen LogP contribution in [0.4, 0.5) is 4.39 Å². The Kier molecular flexibility index (Phi) is 4.43. The molecule has 2 aromatic carbocycles. The molecule has 0 heterocycles. The van der Waals surface area contributed by atoms with E-state index < -0.39 is 5.82 Å². The van der Waals surface area contributed by atoms with Gasteiger partial charge in [-0.3, -0.25) is 4.79 Å². The van der Waals surface area contributed by atoms with Crippen LogP contribution in [0, 0.1) is 12.7 Å². The maximum Gasteiger partial charge on any atom is 0.195 e. The zero-order chi connectivity index (χ0) is 14.2. The lowest BCUT2D eigenvalue weighted by Gasteiger charge is -2.08. The van der Waals surface area contributed by atoms with Crippen molar-refractivity contribution >= 4 is 49.2 Å². The minimum atomic E-state index is -0.467. The maximum absolute atomic E-state index is 13.0. The van der Waals surface area contributed by atoms with E-state index in [4.69, 9.17) is 11.6 Å². The van der Waals surface area contributed by atoms with Gasteiger partial charge in [-0.1, -0.05) is 43.5 Å². The van der Waals surface area contributed by atoms with Crippen molar-refractivity contribution in [1.82, 2.24) is 0 Å². The summed E-state index contributed by atoms with van der Waals surface area (Å²) >= 11 is 12.7. The van der Waals surface area contributed by atoms with E-state index in [2.05, 4.69) is 31.9 Å².